The lowest BCUT2D eigenvalue weighted by atomic mass is 10.1. The molecular weight excluding hydrogens is 338 g/mol. The van der Waals surface area contributed by atoms with E-state index in [0.29, 0.717) is 11.3 Å². The summed E-state index contributed by atoms with van der Waals surface area (Å²) < 4.78 is 5.16. The van der Waals surface area contributed by atoms with Crippen molar-refractivity contribution in [3.8, 4) is 5.75 Å². The van der Waals surface area contributed by atoms with Gasteiger partial charge < -0.3 is 15.4 Å². The van der Waals surface area contributed by atoms with Crippen molar-refractivity contribution in [2.24, 2.45) is 0 Å². The number of pyridine rings is 1. The zero-order valence-electron chi connectivity index (χ0n) is 15.5. The van der Waals surface area contributed by atoms with E-state index in [1.54, 1.807) is 13.3 Å². The van der Waals surface area contributed by atoms with Gasteiger partial charge in [0.15, 0.2) is 0 Å². The van der Waals surface area contributed by atoms with E-state index in [9.17, 15) is 4.79 Å². The molecule has 27 heavy (non-hydrogen) atoms. The molecule has 0 fully saturated rings. The second-order valence-corrected chi connectivity index (χ2v) is 6.28. The quantitative estimate of drug-likeness (QED) is 0.658. The number of methoxy groups -OCH3 is 1. The molecule has 3 aromatic rings. The number of ether oxygens (including phenoxy) is 1. The SMILES string of the molecule is COc1ccc(CCNc2ccc(NC(=O)c3ccc(C)cc3)cn2)cc1. The van der Waals surface area contributed by atoms with E-state index < -0.39 is 0 Å². The topological polar surface area (TPSA) is 63.2 Å². The highest BCUT2D eigenvalue weighted by Crippen LogP contribution is 2.14. The molecule has 2 N–H and O–H groups in total. The molecule has 0 radical (unpaired) electrons. The lowest BCUT2D eigenvalue weighted by Crippen LogP contribution is -2.12. The Hall–Kier alpha value is -3.34. The molecular formula is C22H23N3O2. The number of benzene rings is 2. The summed E-state index contributed by atoms with van der Waals surface area (Å²) in [4.78, 5) is 16.6. The average molecular weight is 361 g/mol. The molecule has 0 atom stereocenters. The first kappa shape index (κ1) is 18.5. The van der Waals surface area contributed by atoms with Crippen LogP contribution in [-0.4, -0.2) is 24.5 Å². The van der Waals surface area contributed by atoms with Crippen LogP contribution >= 0.6 is 0 Å². The van der Waals surface area contributed by atoms with Crippen molar-refractivity contribution in [2.45, 2.75) is 13.3 Å². The number of aryl methyl sites for hydroxylation is 1. The molecule has 1 amide bonds. The van der Waals surface area contributed by atoms with Gasteiger partial charge >= 0.3 is 0 Å². The lowest BCUT2D eigenvalue weighted by Gasteiger charge is -2.08. The Morgan fingerprint density at radius 3 is 2.37 bits per heavy atom. The fourth-order valence-corrected chi connectivity index (χ4v) is 2.61. The minimum Gasteiger partial charge on any atom is -0.497 e. The van der Waals surface area contributed by atoms with Crippen LogP contribution in [0.3, 0.4) is 0 Å². The standard InChI is InChI=1S/C22H23N3O2/c1-16-3-7-18(8-4-16)22(26)25-19-9-12-21(24-15-19)23-14-13-17-5-10-20(27-2)11-6-17/h3-12,15H,13-14H2,1-2H3,(H,23,24)(H,25,26). The molecule has 2 aromatic carbocycles. The van der Waals surface area contributed by atoms with E-state index in [0.717, 1.165) is 30.1 Å². The summed E-state index contributed by atoms with van der Waals surface area (Å²) in [6, 6.07) is 19.2. The van der Waals surface area contributed by atoms with E-state index in [4.69, 9.17) is 4.74 Å². The van der Waals surface area contributed by atoms with Crippen LogP contribution in [0.1, 0.15) is 21.5 Å². The molecule has 0 bridgehead atoms. The largest absolute Gasteiger partial charge is 0.497 e. The van der Waals surface area contributed by atoms with Crippen LogP contribution in [-0.2, 0) is 6.42 Å². The Kier molecular flexibility index (Phi) is 6.05. The molecule has 0 saturated heterocycles. The van der Waals surface area contributed by atoms with Crippen LogP contribution < -0.4 is 15.4 Å². The summed E-state index contributed by atoms with van der Waals surface area (Å²) in [6.45, 7) is 2.76. The van der Waals surface area contributed by atoms with Crippen LogP contribution in [0.25, 0.3) is 0 Å². The van der Waals surface area contributed by atoms with E-state index in [2.05, 4.69) is 27.8 Å². The number of nitrogens with zero attached hydrogens (tertiary/aromatic N) is 1. The van der Waals surface area contributed by atoms with Crippen molar-refractivity contribution in [2.75, 3.05) is 24.3 Å². The van der Waals surface area contributed by atoms with Gasteiger partial charge in [-0.3, -0.25) is 4.79 Å². The normalized spacial score (nSPS) is 10.3. The monoisotopic (exact) mass is 361 g/mol. The van der Waals surface area contributed by atoms with Gasteiger partial charge in [0.05, 0.1) is 19.0 Å². The average Bonchev–Trinajstić information content (AvgIpc) is 2.70. The molecule has 0 spiro atoms. The number of carbonyl (C=O) groups excluding carboxylic acids is 1. The van der Waals surface area contributed by atoms with Gasteiger partial charge in [-0.2, -0.15) is 0 Å². The second kappa shape index (κ2) is 8.85. The summed E-state index contributed by atoms with van der Waals surface area (Å²) in [6.07, 6.45) is 2.54. The van der Waals surface area contributed by atoms with Gasteiger partial charge in [-0.15, -0.1) is 0 Å². The van der Waals surface area contributed by atoms with Crippen LogP contribution in [0, 0.1) is 6.92 Å². The van der Waals surface area contributed by atoms with Crippen molar-refractivity contribution >= 4 is 17.4 Å². The van der Waals surface area contributed by atoms with Gasteiger partial charge in [-0.1, -0.05) is 29.8 Å². The van der Waals surface area contributed by atoms with Crippen LogP contribution in [0.15, 0.2) is 66.9 Å². The van der Waals surface area contributed by atoms with Gasteiger partial charge in [-0.05, 0) is 55.3 Å². The highest BCUT2D eigenvalue weighted by atomic mass is 16.5. The summed E-state index contributed by atoms with van der Waals surface area (Å²) >= 11 is 0. The van der Waals surface area contributed by atoms with Gasteiger partial charge in [0.25, 0.3) is 5.91 Å². The first-order chi connectivity index (χ1) is 13.1. The van der Waals surface area contributed by atoms with Crippen molar-refractivity contribution in [1.82, 2.24) is 4.98 Å². The van der Waals surface area contributed by atoms with E-state index >= 15 is 0 Å². The number of nitrogens with one attached hydrogen (secondary N) is 2. The highest BCUT2D eigenvalue weighted by Gasteiger charge is 2.06. The maximum atomic E-state index is 12.2. The second-order valence-electron chi connectivity index (χ2n) is 6.28. The molecule has 138 valence electrons. The maximum absolute atomic E-state index is 12.2. The predicted octanol–water partition coefficient (Wildman–Crippen LogP) is 4.31. The first-order valence-corrected chi connectivity index (χ1v) is 8.85. The molecule has 1 heterocycles. The molecule has 0 aliphatic heterocycles. The molecule has 0 saturated carbocycles. The molecule has 5 nitrogen and oxygen atoms in total. The fraction of sp³-hybridized carbons (Fsp3) is 0.182. The van der Waals surface area contributed by atoms with Gasteiger partial charge in [0.1, 0.15) is 11.6 Å². The lowest BCUT2D eigenvalue weighted by molar-refractivity contribution is 0.102. The number of rotatable bonds is 7. The van der Waals surface area contributed by atoms with Crippen molar-refractivity contribution in [3.05, 3.63) is 83.6 Å². The summed E-state index contributed by atoms with van der Waals surface area (Å²) in [5.74, 6) is 1.49. The third-order valence-electron chi connectivity index (χ3n) is 4.21. The zero-order chi connectivity index (χ0) is 19.1. The summed E-state index contributed by atoms with van der Waals surface area (Å²) in [7, 11) is 1.66. The molecule has 5 heteroatoms. The summed E-state index contributed by atoms with van der Waals surface area (Å²) in [5.41, 5.74) is 3.65. The Morgan fingerprint density at radius 2 is 1.74 bits per heavy atom. The molecule has 3 rings (SSSR count). The number of carbonyl (C=O) groups is 1. The van der Waals surface area contributed by atoms with E-state index in [1.807, 2.05) is 55.5 Å². The number of hydrogen-bond donors (Lipinski definition) is 2. The Balaban J connectivity index is 1.49. The number of aromatic nitrogens is 1. The van der Waals surface area contributed by atoms with Crippen molar-refractivity contribution < 1.29 is 9.53 Å². The summed E-state index contributed by atoms with van der Waals surface area (Å²) in [5, 5.41) is 6.14. The molecule has 0 aliphatic rings. The van der Waals surface area contributed by atoms with Crippen molar-refractivity contribution in [1.29, 1.82) is 0 Å². The van der Waals surface area contributed by atoms with Gasteiger partial charge in [0, 0.05) is 12.1 Å². The Labute approximate surface area is 159 Å². The Bertz CT molecular complexity index is 873. The smallest absolute Gasteiger partial charge is 0.255 e. The van der Waals surface area contributed by atoms with Crippen molar-refractivity contribution in [3.63, 3.8) is 0 Å². The number of hydrogen-bond acceptors (Lipinski definition) is 4. The van der Waals surface area contributed by atoms with Gasteiger partial charge in [0.2, 0.25) is 0 Å². The minimum absolute atomic E-state index is 0.142. The number of amides is 1. The van der Waals surface area contributed by atoms with Gasteiger partial charge in [-0.25, -0.2) is 4.98 Å². The zero-order valence-corrected chi connectivity index (χ0v) is 15.5. The molecule has 1 aromatic heterocycles. The third-order valence-corrected chi connectivity index (χ3v) is 4.21. The predicted molar refractivity (Wildman–Crippen MR) is 109 cm³/mol. The van der Waals surface area contributed by atoms with Crippen LogP contribution in [0.2, 0.25) is 0 Å². The molecule has 0 unspecified atom stereocenters. The van der Waals surface area contributed by atoms with Crippen LogP contribution in [0.5, 0.6) is 5.75 Å². The minimum atomic E-state index is -0.142. The first-order valence-electron chi connectivity index (χ1n) is 8.85. The van der Waals surface area contributed by atoms with Crippen LogP contribution in [0.4, 0.5) is 11.5 Å². The third kappa shape index (κ3) is 5.31. The van der Waals surface area contributed by atoms with E-state index in [-0.39, 0.29) is 5.91 Å². The highest BCUT2D eigenvalue weighted by molar-refractivity contribution is 6.04. The Morgan fingerprint density at radius 1 is 1.00 bits per heavy atom. The maximum Gasteiger partial charge on any atom is 0.255 e. The fourth-order valence-electron chi connectivity index (χ4n) is 2.61. The number of anilines is 2. The molecule has 0 aliphatic carbocycles. The van der Waals surface area contributed by atoms with E-state index in [1.165, 1.54) is 5.56 Å².